The molecule has 1 aliphatic heterocycles. The van der Waals surface area contributed by atoms with E-state index in [1.807, 2.05) is 6.07 Å². The first-order chi connectivity index (χ1) is 9.17. The zero-order valence-electron chi connectivity index (χ0n) is 10.8. The van der Waals surface area contributed by atoms with E-state index in [0.717, 1.165) is 25.9 Å². The normalized spacial score (nSPS) is 19.7. The SMILES string of the molecule is N#Cc1cccc(NC(=O)CN2CCCC(N)C2)c1. The van der Waals surface area contributed by atoms with E-state index in [2.05, 4.69) is 10.2 Å². The van der Waals surface area contributed by atoms with E-state index in [0.29, 0.717) is 17.8 Å². The average Bonchev–Trinajstić information content (AvgIpc) is 2.38. The smallest absolute Gasteiger partial charge is 0.238 e. The molecule has 1 aliphatic rings. The minimum atomic E-state index is -0.0656. The average molecular weight is 258 g/mol. The summed E-state index contributed by atoms with van der Waals surface area (Å²) in [6.45, 7) is 2.04. The highest BCUT2D eigenvalue weighted by molar-refractivity contribution is 5.92. The Morgan fingerprint density at radius 1 is 1.58 bits per heavy atom. The van der Waals surface area contributed by atoms with Crippen LogP contribution in [0.2, 0.25) is 0 Å². The second kappa shape index (κ2) is 6.32. The summed E-state index contributed by atoms with van der Waals surface area (Å²) in [6.07, 6.45) is 2.07. The lowest BCUT2D eigenvalue weighted by Gasteiger charge is -2.29. The summed E-state index contributed by atoms with van der Waals surface area (Å²) >= 11 is 0. The fourth-order valence-electron chi connectivity index (χ4n) is 2.31. The molecule has 0 aliphatic carbocycles. The van der Waals surface area contributed by atoms with Crippen molar-refractivity contribution in [3.8, 4) is 6.07 Å². The fourth-order valence-corrected chi connectivity index (χ4v) is 2.31. The van der Waals surface area contributed by atoms with Crippen LogP contribution >= 0.6 is 0 Å². The summed E-state index contributed by atoms with van der Waals surface area (Å²) in [5.74, 6) is -0.0656. The number of nitriles is 1. The molecule has 1 fully saturated rings. The molecule has 1 atom stereocenters. The van der Waals surface area contributed by atoms with Crippen LogP contribution in [-0.2, 0) is 4.79 Å². The standard InChI is InChI=1S/C14H18N4O/c15-8-11-3-1-5-13(7-11)17-14(19)10-18-6-2-4-12(16)9-18/h1,3,5,7,12H,2,4,6,9-10,16H2,(H,17,19). The van der Waals surface area contributed by atoms with E-state index in [4.69, 9.17) is 11.0 Å². The van der Waals surface area contributed by atoms with Crippen molar-refractivity contribution in [3.63, 3.8) is 0 Å². The quantitative estimate of drug-likeness (QED) is 0.844. The van der Waals surface area contributed by atoms with E-state index in [-0.39, 0.29) is 11.9 Å². The molecule has 0 saturated carbocycles. The lowest BCUT2D eigenvalue weighted by Crippen LogP contribution is -2.45. The highest BCUT2D eigenvalue weighted by Gasteiger charge is 2.18. The molecular formula is C14H18N4O. The number of likely N-dealkylation sites (tertiary alicyclic amines) is 1. The minimum absolute atomic E-state index is 0.0656. The number of nitrogens with zero attached hydrogens (tertiary/aromatic N) is 2. The van der Waals surface area contributed by atoms with Crippen LogP contribution in [0.4, 0.5) is 5.69 Å². The Morgan fingerprint density at radius 2 is 2.42 bits per heavy atom. The van der Waals surface area contributed by atoms with Crippen LogP contribution in [-0.4, -0.2) is 36.5 Å². The molecular weight excluding hydrogens is 240 g/mol. The van der Waals surface area contributed by atoms with Gasteiger partial charge in [-0.05, 0) is 37.6 Å². The monoisotopic (exact) mass is 258 g/mol. The third-order valence-electron chi connectivity index (χ3n) is 3.18. The van der Waals surface area contributed by atoms with Crippen LogP contribution in [0.3, 0.4) is 0 Å². The van der Waals surface area contributed by atoms with Gasteiger partial charge in [0.15, 0.2) is 0 Å². The number of anilines is 1. The molecule has 3 N–H and O–H groups in total. The number of nitrogens with two attached hydrogens (primary N) is 1. The van der Waals surface area contributed by atoms with Crippen molar-refractivity contribution in [2.75, 3.05) is 25.0 Å². The molecule has 1 amide bonds. The van der Waals surface area contributed by atoms with Crippen LogP contribution < -0.4 is 11.1 Å². The van der Waals surface area contributed by atoms with Gasteiger partial charge in [0.25, 0.3) is 0 Å². The number of piperidine rings is 1. The molecule has 1 aromatic carbocycles. The van der Waals surface area contributed by atoms with Crippen molar-refractivity contribution < 1.29 is 4.79 Å². The molecule has 19 heavy (non-hydrogen) atoms. The molecule has 100 valence electrons. The van der Waals surface area contributed by atoms with Crippen LogP contribution in [0.1, 0.15) is 18.4 Å². The molecule has 0 aromatic heterocycles. The van der Waals surface area contributed by atoms with Crippen molar-refractivity contribution in [1.82, 2.24) is 4.90 Å². The Hall–Kier alpha value is -1.90. The summed E-state index contributed by atoms with van der Waals surface area (Å²) < 4.78 is 0. The van der Waals surface area contributed by atoms with Crippen LogP contribution in [0, 0.1) is 11.3 Å². The predicted octanol–water partition coefficient (Wildman–Crippen LogP) is 0.920. The van der Waals surface area contributed by atoms with E-state index < -0.39 is 0 Å². The Kier molecular flexibility index (Phi) is 4.50. The number of hydrogen-bond donors (Lipinski definition) is 2. The molecule has 5 heteroatoms. The molecule has 1 heterocycles. The first-order valence-corrected chi connectivity index (χ1v) is 6.45. The van der Waals surface area contributed by atoms with Gasteiger partial charge in [0.1, 0.15) is 0 Å². The van der Waals surface area contributed by atoms with Crippen molar-refractivity contribution >= 4 is 11.6 Å². The van der Waals surface area contributed by atoms with Gasteiger partial charge in [-0.3, -0.25) is 9.69 Å². The van der Waals surface area contributed by atoms with Gasteiger partial charge in [-0.1, -0.05) is 6.07 Å². The van der Waals surface area contributed by atoms with Gasteiger partial charge in [0.2, 0.25) is 5.91 Å². The molecule has 1 aromatic rings. The molecule has 0 bridgehead atoms. The lowest BCUT2D eigenvalue weighted by molar-refractivity contribution is -0.117. The first kappa shape index (κ1) is 13.5. The van der Waals surface area contributed by atoms with Crippen LogP contribution in [0.5, 0.6) is 0 Å². The van der Waals surface area contributed by atoms with Crippen molar-refractivity contribution in [1.29, 1.82) is 5.26 Å². The van der Waals surface area contributed by atoms with Gasteiger partial charge >= 0.3 is 0 Å². The molecule has 0 radical (unpaired) electrons. The second-order valence-electron chi connectivity index (χ2n) is 4.88. The van der Waals surface area contributed by atoms with Gasteiger partial charge in [0, 0.05) is 18.3 Å². The van der Waals surface area contributed by atoms with Gasteiger partial charge in [-0.2, -0.15) is 5.26 Å². The summed E-state index contributed by atoms with van der Waals surface area (Å²) in [6, 6.07) is 9.13. The zero-order valence-corrected chi connectivity index (χ0v) is 10.8. The van der Waals surface area contributed by atoms with Crippen molar-refractivity contribution in [2.24, 2.45) is 5.73 Å². The first-order valence-electron chi connectivity index (χ1n) is 6.45. The third kappa shape index (κ3) is 4.05. The highest BCUT2D eigenvalue weighted by atomic mass is 16.2. The largest absolute Gasteiger partial charge is 0.327 e. The third-order valence-corrected chi connectivity index (χ3v) is 3.18. The number of rotatable bonds is 3. The van der Waals surface area contributed by atoms with Crippen molar-refractivity contribution in [2.45, 2.75) is 18.9 Å². The predicted molar refractivity (Wildman–Crippen MR) is 73.4 cm³/mol. The minimum Gasteiger partial charge on any atom is -0.327 e. The van der Waals surface area contributed by atoms with Gasteiger partial charge < -0.3 is 11.1 Å². The van der Waals surface area contributed by atoms with Gasteiger partial charge in [-0.25, -0.2) is 0 Å². The van der Waals surface area contributed by atoms with E-state index in [9.17, 15) is 4.79 Å². The number of nitrogens with one attached hydrogen (secondary N) is 1. The summed E-state index contributed by atoms with van der Waals surface area (Å²) in [5, 5.41) is 11.6. The van der Waals surface area contributed by atoms with Gasteiger partial charge in [-0.15, -0.1) is 0 Å². The molecule has 1 saturated heterocycles. The molecule has 5 nitrogen and oxygen atoms in total. The Labute approximate surface area is 113 Å². The maximum atomic E-state index is 11.9. The highest BCUT2D eigenvalue weighted by Crippen LogP contribution is 2.11. The number of carbonyl (C=O) groups is 1. The van der Waals surface area contributed by atoms with E-state index >= 15 is 0 Å². The fraction of sp³-hybridized carbons (Fsp3) is 0.429. The van der Waals surface area contributed by atoms with Gasteiger partial charge in [0.05, 0.1) is 18.2 Å². The number of carbonyl (C=O) groups excluding carboxylic acids is 1. The van der Waals surface area contributed by atoms with Crippen molar-refractivity contribution in [3.05, 3.63) is 29.8 Å². The number of amides is 1. The Morgan fingerprint density at radius 3 is 3.16 bits per heavy atom. The molecule has 0 spiro atoms. The maximum absolute atomic E-state index is 11.9. The Balaban J connectivity index is 1.88. The number of hydrogen-bond acceptors (Lipinski definition) is 4. The summed E-state index contributed by atoms with van der Waals surface area (Å²) in [4.78, 5) is 14.0. The van der Waals surface area contributed by atoms with Crippen LogP contribution in [0.25, 0.3) is 0 Å². The lowest BCUT2D eigenvalue weighted by atomic mass is 10.1. The van der Waals surface area contributed by atoms with E-state index in [1.165, 1.54) is 0 Å². The topological polar surface area (TPSA) is 82.2 Å². The number of benzene rings is 1. The molecule has 2 rings (SSSR count). The molecule has 1 unspecified atom stereocenters. The Bertz CT molecular complexity index is 494. The summed E-state index contributed by atoms with van der Waals surface area (Å²) in [5.41, 5.74) is 7.08. The summed E-state index contributed by atoms with van der Waals surface area (Å²) in [7, 11) is 0. The second-order valence-corrected chi connectivity index (χ2v) is 4.88. The van der Waals surface area contributed by atoms with Crippen LogP contribution in [0.15, 0.2) is 24.3 Å². The maximum Gasteiger partial charge on any atom is 0.238 e. The zero-order chi connectivity index (χ0) is 13.7. The van der Waals surface area contributed by atoms with E-state index in [1.54, 1.807) is 24.3 Å².